The average molecular weight is 339 g/mol. The highest BCUT2D eigenvalue weighted by atomic mass is 79.9. The molecular formula is C13H15BrN4S. The third kappa shape index (κ3) is 3.33. The van der Waals surface area contributed by atoms with Gasteiger partial charge in [-0.1, -0.05) is 15.9 Å². The van der Waals surface area contributed by atoms with E-state index in [4.69, 9.17) is 11.1 Å². The molecule has 3 N–H and O–H groups in total. The second-order valence-corrected chi connectivity index (χ2v) is 6.27. The number of nitrogen functional groups attached to an aromatic ring is 1. The standard InChI is InChI=1S/C13H15BrN4S/c1-8-17-10(7-19-8)6-18(2)12-5-9(14)3-4-11(12)13(15)16/h3-5,7H,6H2,1-2H3,(H3,15,16). The number of hydrogen-bond acceptors (Lipinski definition) is 4. The molecule has 0 radical (unpaired) electrons. The number of nitrogens with one attached hydrogen (secondary N) is 1. The molecule has 0 unspecified atom stereocenters. The number of thiazole rings is 1. The van der Waals surface area contributed by atoms with Gasteiger partial charge in [0, 0.05) is 28.2 Å². The van der Waals surface area contributed by atoms with E-state index in [0.717, 1.165) is 26.4 Å². The molecule has 0 aliphatic carbocycles. The normalized spacial score (nSPS) is 10.5. The summed E-state index contributed by atoms with van der Waals surface area (Å²) in [6.45, 7) is 2.69. The molecule has 1 aromatic carbocycles. The predicted octanol–water partition coefficient (Wildman–Crippen LogP) is 3.13. The van der Waals surface area contributed by atoms with Gasteiger partial charge in [-0.25, -0.2) is 4.98 Å². The molecule has 0 bridgehead atoms. The van der Waals surface area contributed by atoms with Gasteiger partial charge < -0.3 is 10.6 Å². The Morgan fingerprint density at radius 1 is 1.53 bits per heavy atom. The van der Waals surface area contributed by atoms with E-state index in [1.54, 1.807) is 11.3 Å². The minimum Gasteiger partial charge on any atom is -0.384 e. The summed E-state index contributed by atoms with van der Waals surface area (Å²) in [5.74, 6) is 0.0730. The number of rotatable bonds is 4. The zero-order valence-electron chi connectivity index (χ0n) is 10.8. The molecule has 0 spiro atoms. The molecule has 6 heteroatoms. The Hall–Kier alpha value is -1.40. The number of amidine groups is 1. The molecule has 1 heterocycles. The van der Waals surface area contributed by atoms with E-state index >= 15 is 0 Å². The molecule has 2 aromatic rings. The van der Waals surface area contributed by atoms with E-state index in [1.165, 1.54) is 0 Å². The second-order valence-electron chi connectivity index (χ2n) is 4.29. The highest BCUT2D eigenvalue weighted by molar-refractivity contribution is 9.10. The number of anilines is 1. The van der Waals surface area contributed by atoms with E-state index in [9.17, 15) is 0 Å². The first-order valence-corrected chi connectivity index (χ1v) is 7.40. The molecule has 1 aromatic heterocycles. The number of aromatic nitrogens is 1. The third-order valence-electron chi connectivity index (χ3n) is 2.73. The maximum Gasteiger partial charge on any atom is 0.124 e. The summed E-state index contributed by atoms with van der Waals surface area (Å²) < 4.78 is 0.966. The number of hydrogen-bond donors (Lipinski definition) is 2. The van der Waals surface area contributed by atoms with Crippen molar-refractivity contribution in [3.05, 3.63) is 44.3 Å². The molecule has 0 atom stereocenters. The Labute approximate surface area is 124 Å². The second kappa shape index (κ2) is 5.71. The molecule has 0 amide bonds. The molecule has 0 fully saturated rings. The van der Waals surface area contributed by atoms with Gasteiger partial charge in [-0.3, -0.25) is 5.41 Å². The first kappa shape index (κ1) is 14.0. The molecule has 0 aliphatic heterocycles. The Morgan fingerprint density at radius 2 is 2.26 bits per heavy atom. The lowest BCUT2D eigenvalue weighted by atomic mass is 10.1. The van der Waals surface area contributed by atoms with Crippen LogP contribution in [0.4, 0.5) is 5.69 Å². The van der Waals surface area contributed by atoms with Crippen LogP contribution in [0.15, 0.2) is 28.1 Å². The van der Waals surface area contributed by atoms with Crippen molar-refractivity contribution < 1.29 is 0 Å². The minimum absolute atomic E-state index is 0.0730. The molecule has 19 heavy (non-hydrogen) atoms. The van der Waals surface area contributed by atoms with Crippen molar-refractivity contribution >= 4 is 38.8 Å². The molecule has 0 aliphatic rings. The fourth-order valence-electron chi connectivity index (χ4n) is 1.86. The maximum atomic E-state index is 7.65. The Balaban J connectivity index is 2.29. The smallest absolute Gasteiger partial charge is 0.124 e. The lowest BCUT2D eigenvalue weighted by Crippen LogP contribution is -2.22. The zero-order chi connectivity index (χ0) is 14.0. The monoisotopic (exact) mass is 338 g/mol. The van der Waals surface area contributed by atoms with E-state index < -0.39 is 0 Å². The largest absolute Gasteiger partial charge is 0.384 e. The summed E-state index contributed by atoms with van der Waals surface area (Å²) >= 11 is 5.09. The summed E-state index contributed by atoms with van der Waals surface area (Å²) in [7, 11) is 1.98. The molecule has 4 nitrogen and oxygen atoms in total. The van der Waals surface area contributed by atoms with Crippen molar-refractivity contribution in [3.8, 4) is 0 Å². The van der Waals surface area contributed by atoms with Crippen molar-refractivity contribution in [1.82, 2.24) is 4.98 Å². The van der Waals surface area contributed by atoms with Gasteiger partial charge >= 0.3 is 0 Å². The zero-order valence-corrected chi connectivity index (χ0v) is 13.2. The van der Waals surface area contributed by atoms with Gasteiger partial charge in [0.05, 0.1) is 17.2 Å². The Morgan fingerprint density at radius 3 is 2.84 bits per heavy atom. The Bertz CT molecular complexity index is 608. The van der Waals surface area contributed by atoms with Crippen LogP contribution in [0.25, 0.3) is 0 Å². The molecule has 2 rings (SSSR count). The summed E-state index contributed by atoms with van der Waals surface area (Å²) in [6.07, 6.45) is 0. The molecular weight excluding hydrogens is 324 g/mol. The summed E-state index contributed by atoms with van der Waals surface area (Å²) in [4.78, 5) is 6.50. The number of aryl methyl sites for hydroxylation is 1. The van der Waals surface area contributed by atoms with E-state index in [1.807, 2.05) is 32.2 Å². The van der Waals surface area contributed by atoms with Crippen LogP contribution in [-0.2, 0) is 6.54 Å². The van der Waals surface area contributed by atoms with Crippen molar-refractivity contribution in [2.45, 2.75) is 13.5 Å². The van der Waals surface area contributed by atoms with Gasteiger partial charge in [0.2, 0.25) is 0 Å². The van der Waals surface area contributed by atoms with Gasteiger partial charge in [-0.2, -0.15) is 0 Å². The summed E-state index contributed by atoms with van der Waals surface area (Å²) in [6, 6.07) is 5.71. The van der Waals surface area contributed by atoms with Gasteiger partial charge in [-0.05, 0) is 25.1 Å². The van der Waals surface area contributed by atoms with Crippen LogP contribution in [-0.4, -0.2) is 17.9 Å². The van der Waals surface area contributed by atoms with Crippen LogP contribution in [0.3, 0.4) is 0 Å². The molecule has 0 saturated heterocycles. The van der Waals surface area contributed by atoms with Crippen molar-refractivity contribution in [2.75, 3.05) is 11.9 Å². The van der Waals surface area contributed by atoms with Gasteiger partial charge in [0.25, 0.3) is 0 Å². The molecule has 0 saturated carbocycles. The number of halogens is 1. The highest BCUT2D eigenvalue weighted by Gasteiger charge is 2.12. The van der Waals surface area contributed by atoms with Crippen LogP contribution in [0.5, 0.6) is 0 Å². The summed E-state index contributed by atoms with van der Waals surface area (Å²) in [5.41, 5.74) is 8.31. The van der Waals surface area contributed by atoms with Crippen molar-refractivity contribution in [1.29, 1.82) is 5.41 Å². The van der Waals surface area contributed by atoms with E-state index in [-0.39, 0.29) is 5.84 Å². The predicted molar refractivity (Wildman–Crippen MR) is 84.1 cm³/mol. The molecule has 100 valence electrons. The van der Waals surface area contributed by atoms with Gasteiger partial charge in [0.1, 0.15) is 5.84 Å². The lowest BCUT2D eigenvalue weighted by Gasteiger charge is -2.21. The first-order valence-electron chi connectivity index (χ1n) is 5.73. The topological polar surface area (TPSA) is 66.0 Å². The number of nitrogens with zero attached hydrogens (tertiary/aromatic N) is 2. The van der Waals surface area contributed by atoms with Crippen molar-refractivity contribution in [2.24, 2.45) is 5.73 Å². The fraction of sp³-hybridized carbons (Fsp3) is 0.231. The SMILES string of the molecule is Cc1nc(CN(C)c2cc(Br)ccc2C(=N)N)cs1. The van der Waals surface area contributed by atoms with E-state index in [2.05, 4.69) is 31.2 Å². The number of benzene rings is 1. The minimum atomic E-state index is 0.0730. The average Bonchev–Trinajstić information content (AvgIpc) is 2.74. The fourth-order valence-corrected chi connectivity index (χ4v) is 2.81. The van der Waals surface area contributed by atoms with E-state index in [0.29, 0.717) is 6.54 Å². The number of nitrogens with two attached hydrogens (primary N) is 1. The van der Waals surface area contributed by atoms with Crippen LogP contribution in [0.2, 0.25) is 0 Å². The quantitative estimate of drug-likeness (QED) is 0.664. The lowest BCUT2D eigenvalue weighted by molar-refractivity contribution is 0.888. The van der Waals surface area contributed by atoms with Crippen LogP contribution in [0, 0.1) is 12.3 Å². The maximum absolute atomic E-state index is 7.65. The van der Waals surface area contributed by atoms with Gasteiger partial charge in [-0.15, -0.1) is 11.3 Å². The van der Waals surface area contributed by atoms with Crippen molar-refractivity contribution in [3.63, 3.8) is 0 Å². The summed E-state index contributed by atoms with van der Waals surface area (Å²) in [5, 5.41) is 10.8. The van der Waals surface area contributed by atoms with Gasteiger partial charge in [0.15, 0.2) is 0 Å². The highest BCUT2D eigenvalue weighted by Crippen LogP contribution is 2.25. The first-order chi connectivity index (χ1) is 8.97. The Kier molecular flexibility index (Phi) is 4.21. The van der Waals surface area contributed by atoms with Crippen LogP contribution in [0.1, 0.15) is 16.3 Å². The van der Waals surface area contributed by atoms with Crippen LogP contribution < -0.4 is 10.6 Å². The third-order valence-corrected chi connectivity index (χ3v) is 4.04. The van der Waals surface area contributed by atoms with Crippen LogP contribution >= 0.6 is 27.3 Å².